The van der Waals surface area contributed by atoms with E-state index in [0.29, 0.717) is 12.1 Å². The third-order valence-corrected chi connectivity index (χ3v) is 1.76. The van der Waals surface area contributed by atoms with E-state index in [2.05, 4.69) is 0 Å². The van der Waals surface area contributed by atoms with Gasteiger partial charge in [0.05, 0.1) is 5.70 Å². The van der Waals surface area contributed by atoms with Gasteiger partial charge in [-0.2, -0.15) is 0 Å². The molecule has 0 unspecified atom stereocenters. The predicted octanol–water partition coefficient (Wildman–Crippen LogP) is 1.99. The maximum Gasteiger partial charge on any atom is 0.175 e. The Balaban J connectivity index is 3.22. The zero-order valence-corrected chi connectivity index (χ0v) is 7.85. The molecule has 0 radical (unpaired) electrons. The van der Waals surface area contributed by atoms with Crippen molar-refractivity contribution in [2.24, 2.45) is 5.73 Å². The summed E-state index contributed by atoms with van der Waals surface area (Å²) in [6.45, 7) is 1.18. The molecule has 0 aliphatic rings. The van der Waals surface area contributed by atoms with Crippen LogP contribution in [0.3, 0.4) is 0 Å². The van der Waals surface area contributed by atoms with Crippen molar-refractivity contribution < 1.29 is 18.0 Å². The van der Waals surface area contributed by atoms with Crippen LogP contribution in [-0.4, -0.2) is 5.78 Å². The average Bonchev–Trinajstić information content (AvgIpc) is 2.13. The smallest absolute Gasteiger partial charge is 0.175 e. The Morgan fingerprint density at radius 3 is 2.27 bits per heavy atom. The number of halogens is 3. The molecule has 2 N–H and O–H groups in total. The lowest BCUT2D eigenvalue weighted by Gasteiger charge is -2.00. The van der Waals surface area contributed by atoms with Crippen molar-refractivity contribution in [3.63, 3.8) is 0 Å². The van der Waals surface area contributed by atoms with Crippen LogP contribution in [-0.2, 0) is 4.79 Å². The Bertz CT molecular complexity index is 441. The normalized spacial score (nSPS) is 11.6. The lowest BCUT2D eigenvalue weighted by atomic mass is 10.1. The Kier molecular flexibility index (Phi) is 3.14. The summed E-state index contributed by atoms with van der Waals surface area (Å²) in [6, 6.07) is 1.04. The van der Waals surface area contributed by atoms with Crippen LogP contribution in [0.5, 0.6) is 0 Å². The zero-order valence-electron chi connectivity index (χ0n) is 7.85. The Hall–Kier alpha value is -1.78. The minimum absolute atomic E-state index is 0.222. The molecule has 1 rings (SSSR count). The van der Waals surface area contributed by atoms with E-state index < -0.39 is 23.2 Å². The van der Waals surface area contributed by atoms with Crippen molar-refractivity contribution in [2.45, 2.75) is 6.92 Å². The first-order chi connectivity index (χ1) is 6.91. The van der Waals surface area contributed by atoms with Gasteiger partial charge in [0, 0.05) is 18.6 Å². The molecule has 0 aliphatic carbocycles. The number of hydrogen-bond acceptors (Lipinski definition) is 2. The number of carbonyl (C=O) groups excluding carboxylic acids is 1. The summed E-state index contributed by atoms with van der Waals surface area (Å²) in [5.41, 5.74) is 4.75. The Morgan fingerprint density at radius 1 is 1.20 bits per heavy atom. The predicted molar refractivity (Wildman–Crippen MR) is 49.2 cm³/mol. The van der Waals surface area contributed by atoms with Gasteiger partial charge in [-0.15, -0.1) is 0 Å². The Morgan fingerprint density at radius 2 is 1.73 bits per heavy atom. The third-order valence-electron chi connectivity index (χ3n) is 1.76. The van der Waals surface area contributed by atoms with Crippen LogP contribution < -0.4 is 5.73 Å². The van der Waals surface area contributed by atoms with Gasteiger partial charge in [-0.05, 0) is 12.1 Å². The van der Waals surface area contributed by atoms with Gasteiger partial charge in [-0.1, -0.05) is 0 Å². The van der Waals surface area contributed by atoms with Gasteiger partial charge in [0.2, 0.25) is 0 Å². The number of benzene rings is 1. The maximum atomic E-state index is 13.0. The molecule has 0 spiro atoms. The fourth-order valence-corrected chi connectivity index (χ4v) is 0.918. The summed E-state index contributed by atoms with van der Waals surface area (Å²) >= 11 is 0. The number of Topliss-reactive ketones (excluding diaryl/α,β-unsaturated/α-hetero) is 1. The highest BCUT2D eigenvalue weighted by Gasteiger charge is 2.09. The third kappa shape index (κ3) is 2.59. The second-order valence-electron chi connectivity index (χ2n) is 2.94. The first-order valence-corrected chi connectivity index (χ1v) is 4.04. The molecule has 2 nitrogen and oxygen atoms in total. The van der Waals surface area contributed by atoms with Crippen molar-refractivity contribution in [3.05, 3.63) is 40.8 Å². The van der Waals surface area contributed by atoms with E-state index in [0.717, 1.165) is 6.08 Å². The summed E-state index contributed by atoms with van der Waals surface area (Å²) in [5.74, 6) is -3.93. The summed E-state index contributed by atoms with van der Waals surface area (Å²) in [5, 5.41) is 0. The Labute approximate surface area is 84.2 Å². The highest BCUT2D eigenvalue weighted by Crippen LogP contribution is 2.15. The molecule has 80 valence electrons. The molecular formula is C10H8F3NO. The van der Waals surface area contributed by atoms with Crippen molar-refractivity contribution in [3.8, 4) is 0 Å². The van der Waals surface area contributed by atoms with E-state index in [9.17, 15) is 18.0 Å². The van der Waals surface area contributed by atoms with Gasteiger partial charge in [0.1, 0.15) is 5.82 Å². The van der Waals surface area contributed by atoms with E-state index >= 15 is 0 Å². The van der Waals surface area contributed by atoms with Crippen molar-refractivity contribution in [2.75, 3.05) is 0 Å². The standard InChI is InChI=1S/C10H8F3NO/c1-5(15)10(14)3-6-2-8(12)9(13)4-7(6)11/h2-4H,14H2,1H3/b10-3-. The highest BCUT2D eigenvalue weighted by molar-refractivity contribution is 5.96. The summed E-state index contributed by atoms with van der Waals surface area (Å²) in [4.78, 5) is 10.7. The van der Waals surface area contributed by atoms with E-state index in [1.165, 1.54) is 6.92 Å². The van der Waals surface area contributed by atoms with E-state index in [1.54, 1.807) is 0 Å². The summed E-state index contributed by atoms with van der Waals surface area (Å²) in [6.07, 6.45) is 0.959. The molecule has 0 amide bonds. The first kappa shape index (κ1) is 11.3. The summed E-state index contributed by atoms with van der Waals surface area (Å²) in [7, 11) is 0. The van der Waals surface area contributed by atoms with Gasteiger partial charge in [-0.3, -0.25) is 4.79 Å². The van der Waals surface area contributed by atoms with Gasteiger partial charge in [0.15, 0.2) is 17.4 Å². The van der Waals surface area contributed by atoms with E-state index in [4.69, 9.17) is 5.73 Å². The molecule has 0 saturated heterocycles. The van der Waals surface area contributed by atoms with Crippen molar-refractivity contribution in [1.29, 1.82) is 0 Å². The molecule has 0 bridgehead atoms. The minimum atomic E-state index is -1.29. The van der Waals surface area contributed by atoms with Crippen LogP contribution in [0.1, 0.15) is 12.5 Å². The van der Waals surface area contributed by atoms with Gasteiger partial charge in [0.25, 0.3) is 0 Å². The number of ketones is 1. The van der Waals surface area contributed by atoms with Gasteiger partial charge < -0.3 is 5.73 Å². The van der Waals surface area contributed by atoms with E-state index in [1.807, 2.05) is 0 Å². The highest BCUT2D eigenvalue weighted by atomic mass is 19.2. The molecule has 1 aromatic rings. The monoisotopic (exact) mass is 215 g/mol. The van der Waals surface area contributed by atoms with Crippen LogP contribution in [0.15, 0.2) is 17.8 Å². The van der Waals surface area contributed by atoms with Crippen LogP contribution in [0, 0.1) is 17.5 Å². The molecule has 0 heterocycles. The average molecular weight is 215 g/mol. The summed E-state index contributed by atoms with van der Waals surface area (Å²) < 4.78 is 38.3. The first-order valence-electron chi connectivity index (χ1n) is 4.04. The van der Waals surface area contributed by atoms with Crippen LogP contribution in [0.4, 0.5) is 13.2 Å². The second-order valence-corrected chi connectivity index (χ2v) is 2.94. The van der Waals surface area contributed by atoms with Crippen molar-refractivity contribution in [1.82, 2.24) is 0 Å². The van der Waals surface area contributed by atoms with Gasteiger partial charge in [-0.25, -0.2) is 13.2 Å². The molecule has 0 aromatic heterocycles. The fraction of sp³-hybridized carbons (Fsp3) is 0.100. The number of carbonyl (C=O) groups is 1. The van der Waals surface area contributed by atoms with Crippen LogP contribution in [0.2, 0.25) is 0 Å². The number of hydrogen-bond donors (Lipinski definition) is 1. The molecule has 0 aliphatic heterocycles. The topological polar surface area (TPSA) is 43.1 Å². The molecule has 15 heavy (non-hydrogen) atoms. The molecular weight excluding hydrogens is 207 g/mol. The molecule has 0 atom stereocenters. The number of allylic oxidation sites excluding steroid dienone is 1. The zero-order chi connectivity index (χ0) is 11.6. The number of nitrogens with two attached hydrogens (primary N) is 1. The molecule has 0 saturated carbocycles. The van der Waals surface area contributed by atoms with E-state index in [-0.39, 0.29) is 11.3 Å². The molecule has 5 heteroatoms. The molecule has 1 aromatic carbocycles. The second kappa shape index (κ2) is 4.16. The maximum absolute atomic E-state index is 13.0. The van der Waals surface area contributed by atoms with Gasteiger partial charge >= 0.3 is 0 Å². The lowest BCUT2D eigenvalue weighted by molar-refractivity contribution is -0.113. The minimum Gasteiger partial charge on any atom is -0.396 e. The SMILES string of the molecule is CC(=O)/C(N)=C/c1cc(F)c(F)cc1F. The largest absolute Gasteiger partial charge is 0.396 e. The lowest BCUT2D eigenvalue weighted by Crippen LogP contribution is -2.07. The fourth-order valence-electron chi connectivity index (χ4n) is 0.918. The van der Waals surface area contributed by atoms with Crippen LogP contribution >= 0.6 is 0 Å². The number of rotatable bonds is 2. The molecule has 0 fully saturated rings. The van der Waals surface area contributed by atoms with Crippen molar-refractivity contribution >= 4 is 11.9 Å². The van der Waals surface area contributed by atoms with Crippen LogP contribution in [0.25, 0.3) is 6.08 Å². The quantitative estimate of drug-likeness (QED) is 0.605.